The Morgan fingerprint density at radius 3 is 2.90 bits per heavy atom. The highest BCUT2D eigenvalue weighted by Crippen LogP contribution is 2.19. The second-order valence-electron chi connectivity index (χ2n) is 5.11. The number of morpholine rings is 1. The van der Waals surface area contributed by atoms with Gasteiger partial charge in [0, 0.05) is 25.7 Å². The van der Waals surface area contributed by atoms with E-state index in [0.29, 0.717) is 25.0 Å². The summed E-state index contributed by atoms with van der Waals surface area (Å²) in [4.78, 5) is 6.82. The van der Waals surface area contributed by atoms with E-state index in [2.05, 4.69) is 16.0 Å². The first-order valence-electron chi connectivity index (χ1n) is 7.09. The van der Waals surface area contributed by atoms with Gasteiger partial charge < -0.3 is 9.30 Å². The molecule has 1 fully saturated rings. The van der Waals surface area contributed by atoms with E-state index < -0.39 is 0 Å². The number of hydrogen-bond donors (Lipinski definition) is 0. The molecular formula is C15H17FN4O. The Morgan fingerprint density at radius 1 is 1.33 bits per heavy atom. The molecule has 0 bridgehead atoms. The van der Waals surface area contributed by atoms with Crippen LogP contribution in [0.4, 0.5) is 4.39 Å². The highest BCUT2D eigenvalue weighted by Gasteiger charge is 2.16. The Balaban J connectivity index is 1.92. The SMILES string of the molecule is N#CCCn1c(CN2CCOCC2)nc2cc(F)ccc21. The third-order valence-corrected chi connectivity index (χ3v) is 3.71. The maximum Gasteiger partial charge on any atom is 0.125 e. The first-order valence-corrected chi connectivity index (χ1v) is 7.09. The fraction of sp³-hybridized carbons (Fsp3) is 0.467. The van der Waals surface area contributed by atoms with Gasteiger partial charge in [-0.25, -0.2) is 9.37 Å². The molecule has 0 aliphatic carbocycles. The normalized spacial score (nSPS) is 16.2. The molecule has 0 spiro atoms. The lowest BCUT2D eigenvalue weighted by molar-refractivity contribution is 0.0326. The fourth-order valence-corrected chi connectivity index (χ4v) is 2.64. The van der Waals surface area contributed by atoms with Crippen LogP contribution in [-0.2, 0) is 17.8 Å². The van der Waals surface area contributed by atoms with Crippen molar-refractivity contribution in [2.24, 2.45) is 0 Å². The van der Waals surface area contributed by atoms with Gasteiger partial charge in [-0.1, -0.05) is 0 Å². The minimum absolute atomic E-state index is 0.287. The molecule has 6 heteroatoms. The third kappa shape index (κ3) is 3.04. The van der Waals surface area contributed by atoms with Gasteiger partial charge in [0.25, 0.3) is 0 Å². The molecule has 1 aliphatic heterocycles. The van der Waals surface area contributed by atoms with Gasteiger partial charge in [-0.15, -0.1) is 0 Å². The molecule has 21 heavy (non-hydrogen) atoms. The maximum atomic E-state index is 13.4. The number of imidazole rings is 1. The largest absolute Gasteiger partial charge is 0.379 e. The van der Waals surface area contributed by atoms with Crippen LogP contribution in [0.3, 0.4) is 0 Å². The van der Waals surface area contributed by atoms with Gasteiger partial charge in [0.2, 0.25) is 0 Å². The van der Waals surface area contributed by atoms with E-state index in [1.807, 2.05) is 4.57 Å². The molecule has 0 atom stereocenters. The number of halogens is 1. The van der Waals surface area contributed by atoms with Gasteiger partial charge in [0.15, 0.2) is 0 Å². The first-order chi connectivity index (χ1) is 10.3. The van der Waals surface area contributed by atoms with Crippen molar-refractivity contribution in [2.45, 2.75) is 19.5 Å². The molecule has 3 rings (SSSR count). The van der Waals surface area contributed by atoms with E-state index >= 15 is 0 Å². The van der Waals surface area contributed by atoms with Gasteiger partial charge in [-0.2, -0.15) is 5.26 Å². The molecule has 1 saturated heterocycles. The van der Waals surface area contributed by atoms with Crippen molar-refractivity contribution in [3.8, 4) is 6.07 Å². The number of nitrogens with zero attached hydrogens (tertiary/aromatic N) is 4. The number of hydrogen-bond acceptors (Lipinski definition) is 4. The van der Waals surface area contributed by atoms with Crippen molar-refractivity contribution in [3.05, 3.63) is 29.8 Å². The van der Waals surface area contributed by atoms with Crippen LogP contribution in [0.1, 0.15) is 12.2 Å². The summed E-state index contributed by atoms with van der Waals surface area (Å²) in [6.07, 6.45) is 0.416. The van der Waals surface area contributed by atoms with Crippen LogP contribution < -0.4 is 0 Å². The molecule has 2 heterocycles. The van der Waals surface area contributed by atoms with Crippen molar-refractivity contribution in [1.29, 1.82) is 5.26 Å². The molecule has 1 aromatic heterocycles. The number of aryl methyl sites for hydroxylation is 1. The van der Waals surface area contributed by atoms with Crippen molar-refractivity contribution in [1.82, 2.24) is 14.5 Å². The second-order valence-corrected chi connectivity index (χ2v) is 5.11. The zero-order chi connectivity index (χ0) is 14.7. The van der Waals surface area contributed by atoms with Crippen LogP contribution in [0.15, 0.2) is 18.2 Å². The smallest absolute Gasteiger partial charge is 0.125 e. The van der Waals surface area contributed by atoms with Crippen molar-refractivity contribution in [2.75, 3.05) is 26.3 Å². The van der Waals surface area contributed by atoms with Gasteiger partial charge >= 0.3 is 0 Å². The van der Waals surface area contributed by atoms with Crippen LogP contribution in [0.5, 0.6) is 0 Å². The first kappa shape index (κ1) is 14.0. The quantitative estimate of drug-likeness (QED) is 0.862. The predicted octanol–water partition coefficient (Wildman–Crippen LogP) is 1.92. The van der Waals surface area contributed by atoms with Gasteiger partial charge in [-0.05, 0) is 12.1 Å². The number of benzene rings is 1. The predicted molar refractivity (Wildman–Crippen MR) is 76.0 cm³/mol. The Morgan fingerprint density at radius 2 is 2.14 bits per heavy atom. The summed E-state index contributed by atoms with van der Waals surface area (Å²) in [5, 5.41) is 8.82. The molecule has 0 unspecified atom stereocenters. The van der Waals surface area contributed by atoms with E-state index in [1.165, 1.54) is 12.1 Å². The minimum Gasteiger partial charge on any atom is -0.379 e. The molecule has 0 radical (unpaired) electrons. The van der Waals surface area contributed by atoms with Crippen LogP contribution in [0.2, 0.25) is 0 Å². The fourth-order valence-electron chi connectivity index (χ4n) is 2.64. The standard InChI is InChI=1S/C15H17FN4O/c16-12-2-3-14-13(10-12)18-15(20(14)5-1-4-17)11-19-6-8-21-9-7-19/h2-3,10H,1,5-9,11H2. The molecule has 1 aromatic carbocycles. The lowest BCUT2D eigenvalue weighted by atomic mass is 10.3. The molecule has 1 aliphatic rings. The van der Waals surface area contributed by atoms with E-state index in [-0.39, 0.29) is 5.82 Å². The Labute approximate surface area is 122 Å². The molecular weight excluding hydrogens is 271 g/mol. The van der Waals surface area contributed by atoms with Crippen LogP contribution in [0.25, 0.3) is 11.0 Å². The zero-order valence-corrected chi connectivity index (χ0v) is 11.8. The average Bonchev–Trinajstić information content (AvgIpc) is 2.82. The summed E-state index contributed by atoms with van der Waals surface area (Å²) in [6.45, 7) is 4.48. The molecule has 2 aromatic rings. The summed E-state index contributed by atoms with van der Waals surface area (Å²) in [5.41, 5.74) is 1.53. The van der Waals surface area contributed by atoms with E-state index in [1.54, 1.807) is 6.07 Å². The van der Waals surface area contributed by atoms with Gasteiger partial charge in [0.05, 0.1) is 43.3 Å². The number of fused-ring (bicyclic) bond motifs is 1. The lowest BCUT2D eigenvalue weighted by Gasteiger charge is -2.26. The molecule has 0 amide bonds. The van der Waals surface area contributed by atoms with Crippen molar-refractivity contribution >= 4 is 11.0 Å². The summed E-state index contributed by atoms with van der Waals surface area (Å²) in [7, 11) is 0. The number of aromatic nitrogens is 2. The van der Waals surface area contributed by atoms with Crippen LogP contribution >= 0.6 is 0 Å². The van der Waals surface area contributed by atoms with Crippen LogP contribution in [0, 0.1) is 17.1 Å². The summed E-state index contributed by atoms with van der Waals surface area (Å²) in [5.74, 6) is 0.595. The van der Waals surface area contributed by atoms with Crippen molar-refractivity contribution in [3.63, 3.8) is 0 Å². The lowest BCUT2D eigenvalue weighted by Crippen LogP contribution is -2.36. The zero-order valence-electron chi connectivity index (χ0n) is 11.8. The Bertz CT molecular complexity index is 670. The average molecular weight is 288 g/mol. The Kier molecular flexibility index (Phi) is 4.13. The highest BCUT2D eigenvalue weighted by molar-refractivity contribution is 5.76. The topological polar surface area (TPSA) is 54.1 Å². The van der Waals surface area contributed by atoms with Crippen LogP contribution in [-0.4, -0.2) is 40.8 Å². The van der Waals surface area contributed by atoms with E-state index in [9.17, 15) is 4.39 Å². The molecule has 110 valence electrons. The molecule has 5 nitrogen and oxygen atoms in total. The second kappa shape index (κ2) is 6.20. The monoisotopic (exact) mass is 288 g/mol. The summed E-state index contributed by atoms with van der Waals surface area (Å²) in [6, 6.07) is 6.77. The minimum atomic E-state index is -0.287. The van der Waals surface area contributed by atoms with E-state index in [4.69, 9.17) is 10.00 Å². The van der Waals surface area contributed by atoms with E-state index in [0.717, 1.165) is 37.6 Å². The number of rotatable bonds is 4. The third-order valence-electron chi connectivity index (χ3n) is 3.71. The highest BCUT2D eigenvalue weighted by atomic mass is 19.1. The maximum absolute atomic E-state index is 13.4. The summed E-state index contributed by atoms with van der Waals surface area (Å²) < 4.78 is 20.7. The Hall–Kier alpha value is -1.97. The molecule has 0 saturated carbocycles. The van der Waals surface area contributed by atoms with Gasteiger partial charge in [-0.3, -0.25) is 4.90 Å². The molecule has 0 N–H and O–H groups in total. The number of nitriles is 1. The van der Waals surface area contributed by atoms with Crippen molar-refractivity contribution < 1.29 is 9.13 Å². The van der Waals surface area contributed by atoms with Gasteiger partial charge in [0.1, 0.15) is 11.6 Å². The number of ether oxygens (including phenoxy) is 1. The summed E-state index contributed by atoms with van der Waals surface area (Å²) >= 11 is 0.